The summed E-state index contributed by atoms with van der Waals surface area (Å²) in [7, 11) is 0. The van der Waals surface area contributed by atoms with Gasteiger partial charge in [0.2, 0.25) is 5.91 Å². The molecule has 0 saturated heterocycles. The van der Waals surface area contributed by atoms with E-state index in [4.69, 9.17) is 0 Å². The van der Waals surface area contributed by atoms with Crippen molar-refractivity contribution < 1.29 is 25.2 Å². The zero-order chi connectivity index (χ0) is 42.4. The van der Waals surface area contributed by atoms with Gasteiger partial charge in [-0.15, -0.1) is 0 Å². The van der Waals surface area contributed by atoms with Crippen molar-refractivity contribution in [1.82, 2.24) is 5.32 Å². The van der Waals surface area contributed by atoms with Crippen LogP contribution in [0.3, 0.4) is 0 Å². The molecule has 6 heteroatoms. The van der Waals surface area contributed by atoms with Crippen LogP contribution < -0.4 is 5.32 Å². The third-order valence-electron chi connectivity index (χ3n) is 12.5. The number of aliphatic hydroxyl groups excluding tert-OH is 4. The highest BCUT2D eigenvalue weighted by Gasteiger charge is 2.28. The summed E-state index contributed by atoms with van der Waals surface area (Å²) in [6.45, 7) is 4.01. The lowest BCUT2D eigenvalue weighted by molar-refractivity contribution is -0.132. The van der Waals surface area contributed by atoms with Gasteiger partial charge in [0.25, 0.3) is 0 Å². The molecule has 6 nitrogen and oxygen atoms in total. The molecule has 0 heterocycles. The molecule has 0 spiro atoms. The largest absolute Gasteiger partial charge is 0.394 e. The highest BCUT2D eigenvalue weighted by Crippen LogP contribution is 2.18. The summed E-state index contributed by atoms with van der Waals surface area (Å²) in [5.74, 6) is -0.592. The number of nitrogens with one attached hydrogen (secondary N) is 1. The van der Waals surface area contributed by atoms with E-state index in [1.807, 2.05) is 0 Å². The highest BCUT2D eigenvalue weighted by molar-refractivity contribution is 5.80. The summed E-state index contributed by atoms with van der Waals surface area (Å²) in [6.07, 6.45) is 54.4. The van der Waals surface area contributed by atoms with Crippen molar-refractivity contribution in [3.63, 3.8) is 0 Å². The molecule has 0 aromatic carbocycles. The molecule has 0 bridgehead atoms. The third-order valence-corrected chi connectivity index (χ3v) is 12.5. The van der Waals surface area contributed by atoms with Crippen molar-refractivity contribution in [2.75, 3.05) is 6.61 Å². The second kappa shape index (κ2) is 47.1. The fraction of sp³-hybridized carbons (Fsp3) is 0.942. The topological polar surface area (TPSA) is 110 Å². The first-order chi connectivity index (χ1) is 28.5. The summed E-state index contributed by atoms with van der Waals surface area (Å²) < 4.78 is 0. The molecule has 0 aliphatic heterocycles. The van der Waals surface area contributed by atoms with Gasteiger partial charge in [-0.3, -0.25) is 4.79 Å². The fourth-order valence-corrected chi connectivity index (χ4v) is 8.33. The van der Waals surface area contributed by atoms with Gasteiger partial charge in [-0.05, 0) is 32.1 Å². The molecule has 0 rings (SSSR count). The second-order valence-corrected chi connectivity index (χ2v) is 18.2. The molecular weight excluding hydrogens is 719 g/mol. The number of rotatable bonds is 48. The van der Waals surface area contributed by atoms with E-state index >= 15 is 0 Å². The second-order valence-electron chi connectivity index (χ2n) is 18.2. The number of carbonyl (C=O) groups is 1. The highest BCUT2D eigenvalue weighted by atomic mass is 16.3. The first-order valence-corrected chi connectivity index (χ1v) is 26.1. The molecule has 5 N–H and O–H groups in total. The minimum absolute atomic E-state index is 0.356. The summed E-state index contributed by atoms with van der Waals surface area (Å²) in [5.41, 5.74) is 0. The lowest BCUT2D eigenvalue weighted by atomic mass is 9.99. The summed E-state index contributed by atoms with van der Waals surface area (Å²) in [6, 6.07) is -0.986. The van der Waals surface area contributed by atoms with E-state index in [0.29, 0.717) is 12.8 Å². The van der Waals surface area contributed by atoms with Gasteiger partial charge in [-0.25, -0.2) is 0 Å². The number of aliphatic hydroxyl groups is 4. The van der Waals surface area contributed by atoms with E-state index in [-0.39, 0.29) is 0 Å². The smallest absolute Gasteiger partial charge is 0.249 e. The number of allylic oxidation sites excluding steroid dienone is 2. The zero-order valence-corrected chi connectivity index (χ0v) is 39.1. The van der Waals surface area contributed by atoms with Crippen LogP contribution in [0.5, 0.6) is 0 Å². The molecule has 0 aliphatic rings. The Morgan fingerprint density at radius 3 is 1.05 bits per heavy atom. The van der Waals surface area contributed by atoms with E-state index in [0.717, 1.165) is 57.8 Å². The number of hydrogen-bond donors (Lipinski definition) is 5. The van der Waals surface area contributed by atoms with Crippen molar-refractivity contribution in [1.29, 1.82) is 0 Å². The number of carbonyl (C=O) groups excluding carboxylic acids is 1. The van der Waals surface area contributed by atoms with Crippen LogP contribution in [0.15, 0.2) is 12.2 Å². The van der Waals surface area contributed by atoms with Crippen molar-refractivity contribution in [3.05, 3.63) is 12.2 Å². The monoisotopic (exact) mass is 822 g/mol. The van der Waals surface area contributed by atoms with Gasteiger partial charge in [0, 0.05) is 0 Å². The molecule has 0 fully saturated rings. The lowest BCUT2D eigenvalue weighted by Gasteiger charge is -2.27. The Morgan fingerprint density at radius 1 is 0.414 bits per heavy atom. The van der Waals surface area contributed by atoms with Gasteiger partial charge in [0.05, 0.1) is 18.8 Å². The van der Waals surface area contributed by atoms with Gasteiger partial charge in [-0.2, -0.15) is 0 Å². The molecule has 0 aliphatic carbocycles. The van der Waals surface area contributed by atoms with E-state index in [1.54, 1.807) is 0 Å². The van der Waals surface area contributed by atoms with Crippen molar-refractivity contribution in [2.45, 2.75) is 308 Å². The van der Waals surface area contributed by atoms with Crippen LogP contribution in [0.4, 0.5) is 0 Å². The zero-order valence-electron chi connectivity index (χ0n) is 39.1. The van der Waals surface area contributed by atoms with Crippen molar-refractivity contribution in [3.8, 4) is 0 Å². The molecule has 58 heavy (non-hydrogen) atoms. The Morgan fingerprint density at radius 2 is 0.707 bits per heavy atom. The average molecular weight is 822 g/mol. The maximum absolute atomic E-state index is 12.5. The molecule has 4 atom stereocenters. The summed E-state index contributed by atoms with van der Waals surface area (Å²) in [4.78, 5) is 12.5. The van der Waals surface area contributed by atoms with E-state index < -0.39 is 36.9 Å². The molecular formula is C52H103NO5. The Bertz CT molecular complexity index is 837. The number of amides is 1. The Labute approximate surface area is 362 Å². The van der Waals surface area contributed by atoms with Gasteiger partial charge >= 0.3 is 0 Å². The van der Waals surface area contributed by atoms with Crippen molar-refractivity contribution in [2.24, 2.45) is 0 Å². The molecule has 0 aromatic rings. The predicted molar refractivity (Wildman–Crippen MR) is 251 cm³/mol. The predicted octanol–water partition coefficient (Wildman–Crippen LogP) is 14.5. The van der Waals surface area contributed by atoms with Crippen LogP contribution in [-0.2, 0) is 4.79 Å². The normalized spacial score (nSPS) is 14.0. The van der Waals surface area contributed by atoms with Gasteiger partial charge < -0.3 is 25.7 Å². The maximum Gasteiger partial charge on any atom is 0.249 e. The van der Waals surface area contributed by atoms with Crippen LogP contribution in [0.25, 0.3) is 0 Å². The van der Waals surface area contributed by atoms with E-state index in [1.165, 1.54) is 199 Å². The SMILES string of the molecule is CCCC/C=C\CCCCCCC(O)C(=O)NC(CO)C(O)C(O)CCCCCCCCCCCCCCCCCCCCCCCCCCCCCCCCCC. The Balaban J connectivity index is 3.50. The van der Waals surface area contributed by atoms with Crippen LogP contribution in [0.2, 0.25) is 0 Å². The fourth-order valence-electron chi connectivity index (χ4n) is 8.33. The van der Waals surface area contributed by atoms with Crippen LogP contribution >= 0.6 is 0 Å². The number of hydrogen-bond acceptors (Lipinski definition) is 5. The average Bonchev–Trinajstić information content (AvgIpc) is 3.23. The summed E-state index contributed by atoms with van der Waals surface area (Å²) in [5, 5.41) is 43.7. The standard InChI is InChI=1S/C52H103NO5/c1-3-5-7-9-11-13-15-16-17-18-19-20-21-22-23-24-25-26-27-28-29-30-31-32-33-34-35-36-38-39-41-43-45-49(55)51(57)48(47-54)53-52(58)50(56)46-44-42-40-37-14-12-10-8-6-4-2/h10,12,48-51,54-57H,3-9,11,13-47H2,1-2H3,(H,53,58)/b12-10-. The number of unbranched alkanes of at least 4 members (excludes halogenated alkanes) is 37. The first-order valence-electron chi connectivity index (χ1n) is 26.1. The molecule has 346 valence electrons. The van der Waals surface area contributed by atoms with Crippen LogP contribution in [0.1, 0.15) is 284 Å². The molecule has 0 saturated carbocycles. The first kappa shape index (κ1) is 57.1. The summed E-state index contributed by atoms with van der Waals surface area (Å²) >= 11 is 0. The van der Waals surface area contributed by atoms with Crippen molar-refractivity contribution >= 4 is 5.91 Å². The quantitative estimate of drug-likeness (QED) is 0.0310. The minimum Gasteiger partial charge on any atom is -0.394 e. The maximum atomic E-state index is 12.5. The molecule has 0 aromatic heterocycles. The molecule has 1 amide bonds. The van der Waals surface area contributed by atoms with Gasteiger partial charge in [0.15, 0.2) is 0 Å². The Kier molecular flexibility index (Phi) is 46.3. The van der Waals surface area contributed by atoms with Gasteiger partial charge in [-0.1, -0.05) is 264 Å². The van der Waals surface area contributed by atoms with E-state index in [2.05, 4.69) is 31.3 Å². The van der Waals surface area contributed by atoms with E-state index in [9.17, 15) is 25.2 Å². The lowest BCUT2D eigenvalue weighted by Crippen LogP contribution is -2.53. The third kappa shape index (κ3) is 40.5. The van der Waals surface area contributed by atoms with Crippen LogP contribution in [0, 0.1) is 0 Å². The Hall–Kier alpha value is -0.950. The molecule has 4 unspecified atom stereocenters. The van der Waals surface area contributed by atoms with Crippen LogP contribution in [-0.4, -0.2) is 57.3 Å². The van der Waals surface area contributed by atoms with Gasteiger partial charge in [0.1, 0.15) is 12.2 Å². The minimum atomic E-state index is -1.26. The molecule has 0 radical (unpaired) electrons.